The highest BCUT2D eigenvalue weighted by atomic mass is 19.1. The van der Waals surface area contributed by atoms with Crippen molar-refractivity contribution < 1.29 is 8.81 Å². The quantitative estimate of drug-likeness (QED) is 0.712. The summed E-state index contributed by atoms with van der Waals surface area (Å²) in [7, 11) is 0. The van der Waals surface area contributed by atoms with Crippen molar-refractivity contribution in [1.29, 1.82) is 0 Å². The second-order valence-corrected chi connectivity index (χ2v) is 4.52. The first kappa shape index (κ1) is 12.0. The van der Waals surface area contributed by atoms with Crippen molar-refractivity contribution >= 4 is 10.9 Å². The lowest BCUT2D eigenvalue weighted by Crippen LogP contribution is -2.18. The molecule has 0 unspecified atom stereocenters. The molecule has 0 aliphatic rings. The number of rotatable bonds is 5. The van der Waals surface area contributed by atoms with E-state index in [9.17, 15) is 4.39 Å². The lowest BCUT2D eigenvalue weighted by Gasteiger charge is -2.06. The van der Waals surface area contributed by atoms with Crippen LogP contribution in [-0.4, -0.2) is 11.1 Å². The Morgan fingerprint density at radius 1 is 1.21 bits per heavy atom. The molecule has 0 saturated heterocycles. The summed E-state index contributed by atoms with van der Waals surface area (Å²) >= 11 is 0. The van der Waals surface area contributed by atoms with Crippen LogP contribution >= 0.6 is 0 Å². The van der Waals surface area contributed by atoms with E-state index in [0.717, 1.165) is 36.1 Å². The summed E-state index contributed by atoms with van der Waals surface area (Å²) in [5.41, 5.74) is 2.06. The highest BCUT2D eigenvalue weighted by Gasteiger charge is 2.02. The number of halogens is 1. The summed E-state index contributed by atoms with van der Waals surface area (Å²) in [6.07, 6.45) is 5.39. The molecule has 0 atom stereocenters. The number of furan rings is 1. The number of benzene rings is 1. The van der Waals surface area contributed by atoms with Crippen LogP contribution in [0.4, 0.5) is 4.39 Å². The highest BCUT2D eigenvalue weighted by molar-refractivity contribution is 5.80. The Bertz CT molecular complexity index is 658. The average Bonchev–Trinajstić information content (AvgIpc) is 3.04. The van der Waals surface area contributed by atoms with Crippen molar-refractivity contribution in [2.24, 2.45) is 0 Å². The zero-order valence-corrected chi connectivity index (χ0v) is 10.5. The lowest BCUT2D eigenvalue weighted by molar-refractivity contribution is 0.557. The van der Waals surface area contributed by atoms with Gasteiger partial charge in [-0.15, -0.1) is 0 Å². The minimum atomic E-state index is -0.196. The van der Waals surface area contributed by atoms with Gasteiger partial charge in [-0.05, 0) is 35.7 Å². The fourth-order valence-corrected chi connectivity index (χ4v) is 2.18. The summed E-state index contributed by atoms with van der Waals surface area (Å²) in [5.74, 6) is -0.196. The van der Waals surface area contributed by atoms with E-state index in [2.05, 4.69) is 9.88 Å². The van der Waals surface area contributed by atoms with Crippen LogP contribution in [0.5, 0.6) is 0 Å². The first-order valence-corrected chi connectivity index (χ1v) is 6.29. The van der Waals surface area contributed by atoms with E-state index in [4.69, 9.17) is 4.42 Å². The normalized spacial score (nSPS) is 11.2. The van der Waals surface area contributed by atoms with Crippen molar-refractivity contribution in [1.82, 2.24) is 9.88 Å². The third-order valence-electron chi connectivity index (χ3n) is 3.17. The molecule has 4 heteroatoms. The topological polar surface area (TPSA) is 30.1 Å². The third-order valence-corrected chi connectivity index (χ3v) is 3.17. The molecule has 0 radical (unpaired) electrons. The molecule has 0 saturated carbocycles. The van der Waals surface area contributed by atoms with Gasteiger partial charge in [-0.2, -0.15) is 0 Å². The first-order valence-electron chi connectivity index (χ1n) is 6.29. The molecule has 3 aromatic rings. The van der Waals surface area contributed by atoms with E-state index in [-0.39, 0.29) is 5.82 Å². The zero-order valence-electron chi connectivity index (χ0n) is 10.5. The van der Waals surface area contributed by atoms with Crippen LogP contribution in [0.2, 0.25) is 0 Å². The van der Waals surface area contributed by atoms with E-state index in [1.807, 2.05) is 18.3 Å². The van der Waals surface area contributed by atoms with Gasteiger partial charge < -0.3 is 14.3 Å². The van der Waals surface area contributed by atoms with Crippen LogP contribution in [-0.2, 0) is 13.1 Å². The number of hydrogen-bond acceptors (Lipinski definition) is 2. The minimum Gasteiger partial charge on any atom is -0.472 e. The molecule has 1 aromatic carbocycles. The summed E-state index contributed by atoms with van der Waals surface area (Å²) < 4.78 is 20.3. The number of nitrogens with one attached hydrogen (secondary N) is 1. The largest absolute Gasteiger partial charge is 0.472 e. The van der Waals surface area contributed by atoms with Gasteiger partial charge in [0.1, 0.15) is 5.82 Å². The van der Waals surface area contributed by atoms with Crippen LogP contribution in [0.15, 0.2) is 53.5 Å². The van der Waals surface area contributed by atoms with Gasteiger partial charge in [-0.25, -0.2) is 4.39 Å². The maximum Gasteiger partial charge on any atom is 0.125 e. The number of nitrogens with zero attached hydrogens (tertiary/aromatic N) is 1. The highest BCUT2D eigenvalue weighted by Crippen LogP contribution is 2.16. The Balaban J connectivity index is 1.60. The molecule has 0 fully saturated rings. The average molecular weight is 258 g/mol. The third kappa shape index (κ3) is 2.69. The fraction of sp³-hybridized carbons (Fsp3) is 0.200. The summed E-state index contributed by atoms with van der Waals surface area (Å²) in [5, 5.41) is 4.40. The molecule has 3 nitrogen and oxygen atoms in total. The van der Waals surface area contributed by atoms with Gasteiger partial charge in [0.25, 0.3) is 0 Å². The molecule has 19 heavy (non-hydrogen) atoms. The molecule has 0 amide bonds. The maximum atomic E-state index is 13.2. The predicted octanol–water partition coefficient (Wildman–Crippen LogP) is 3.16. The number of hydrogen-bond donors (Lipinski definition) is 1. The van der Waals surface area contributed by atoms with Crippen molar-refractivity contribution in [3.8, 4) is 0 Å². The van der Waals surface area contributed by atoms with Crippen LogP contribution in [0.1, 0.15) is 5.56 Å². The number of aromatic nitrogens is 1. The Morgan fingerprint density at radius 2 is 2.16 bits per heavy atom. The second-order valence-electron chi connectivity index (χ2n) is 4.52. The smallest absolute Gasteiger partial charge is 0.125 e. The minimum absolute atomic E-state index is 0.196. The van der Waals surface area contributed by atoms with Gasteiger partial charge in [0.15, 0.2) is 0 Å². The molecule has 0 bridgehead atoms. The van der Waals surface area contributed by atoms with Gasteiger partial charge in [0.05, 0.1) is 18.0 Å². The Kier molecular flexibility index (Phi) is 3.33. The SMILES string of the molecule is Fc1ccc2ccn(CCNCc3ccoc3)c2c1. The summed E-state index contributed by atoms with van der Waals surface area (Å²) in [4.78, 5) is 0. The monoisotopic (exact) mass is 258 g/mol. The van der Waals surface area contributed by atoms with Crippen LogP contribution in [0.25, 0.3) is 10.9 Å². The van der Waals surface area contributed by atoms with Gasteiger partial charge in [0.2, 0.25) is 0 Å². The molecule has 3 rings (SSSR count). The standard InChI is InChI=1S/C15H15FN2O/c16-14-2-1-13-3-6-18(15(13)9-14)7-5-17-10-12-4-8-19-11-12/h1-4,6,8-9,11,17H,5,7,10H2. The molecule has 2 heterocycles. The van der Waals surface area contributed by atoms with Gasteiger partial charge in [-0.3, -0.25) is 0 Å². The molecular weight excluding hydrogens is 243 g/mol. The van der Waals surface area contributed by atoms with Gasteiger partial charge in [-0.1, -0.05) is 0 Å². The lowest BCUT2D eigenvalue weighted by atomic mass is 10.2. The van der Waals surface area contributed by atoms with Gasteiger partial charge >= 0.3 is 0 Å². The molecule has 0 aliphatic heterocycles. The van der Waals surface area contributed by atoms with Crippen molar-refractivity contribution in [2.45, 2.75) is 13.1 Å². The molecule has 2 aromatic heterocycles. The van der Waals surface area contributed by atoms with Crippen LogP contribution in [0.3, 0.4) is 0 Å². The second kappa shape index (κ2) is 5.28. The van der Waals surface area contributed by atoms with E-state index in [1.54, 1.807) is 24.7 Å². The van der Waals surface area contributed by atoms with E-state index in [1.165, 1.54) is 6.07 Å². The van der Waals surface area contributed by atoms with E-state index >= 15 is 0 Å². The molecule has 0 aliphatic carbocycles. The maximum absolute atomic E-state index is 13.2. The predicted molar refractivity (Wildman–Crippen MR) is 72.3 cm³/mol. The Morgan fingerprint density at radius 3 is 3.00 bits per heavy atom. The van der Waals surface area contributed by atoms with Gasteiger partial charge in [0, 0.05) is 31.4 Å². The van der Waals surface area contributed by atoms with Crippen LogP contribution < -0.4 is 5.32 Å². The van der Waals surface area contributed by atoms with E-state index < -0.39 is 0 Å². The van der Waals surface area contributed by atoms with E-state index in [0.29, 0.717) is 0 Å². The molecule has 1 N–H and O–H groups in total. The zero-order chi connectivity index (χ0) is 13.1. The molecule has 0 spiro atoms. The fourth-order valence-electron chi connectivity index (χ4n) is 2.18. The molecular formula is C15H15FN2O. The molecule has 98 valence electrons. The van der Waals surface area contributed by atoms with Crippen molar-refractivity contribution in [3.05, 3.63) is 60.4 Å². The van der Waals surface area contributed by atoms with Crippen LogP contribution in [0, 0.1) is 5.82 Å². The first-order chi connectivity index (χ1) is 9.33. The summed E-state index contributed by atoms with van der Waals surface area (Å²) in [6.45, 7) is 2.42. The van der Waals surface area contributed by atoms with Crippen molar-refractivity contribution in [2.75, 3.05) is 6.54 Å². The summed E-state index contributed by atoms with van der Waals surface area (Å²) in [6, 6.07) is 8.81. The Labute approximate surface area is 110 Å². The number of fused-ring (bicyclic) bond motifs is 1. The van der Waals surface area contributed by atoms with Crippen molar-refractivity contribution in [3.63, 3.8) is 0 Å². The Hall–Kier alpha value is -2.07.